The van der Waals surface area contributed by atoms with Crippen molar-refractivity contribution in [3.05, 3.63) is 35.8 Å². The zero-order valence-electron chi connectivity index (χ0n) is 12.7. The molecule has 0 N–H and O–H groups in total. The number of amides is 1. The number of fused-ring (bicyclic) bond motifs is 1. The number of likely N-dealkylation sites (tertiary alicyclic amines) is 1. The lowest BCUT2D eigenvalue weighted by molar-refractivity contribution is 0.0717. The zero-order valence-corrected chi connectivity index (χ0v) is 12.7. The number of pyridine rings is 1. The molecule has 1 aliphatic rings. The van der Waals surface area contributed by atoms with Gasteiger partial charge in [-0.05, 0) is 45.5 Å². The molecule has 0 atom stereocenters. The Morgan fingerprint density at radius 1 is 1.24 bits per heavy atom. The fraction of sp³-hybridized carbons (Fsp3) is 0.500. The van der Waals surface area contributed by atoms with Gasteiger partial charge in [0.15, 0.2) is 5.69 Å². The van der Waals surface area contributed by atoms with Gasteiger partial charge in [-0.3, -0.25) is 4.79 Å². The molecule has 0 unspecified atom stereocenters. The van der Waals surface area contributed by atoms with Crippen LogP contribution in [0.1, 0.15) is 35.4 Å². The summed E-state index contributed by atoms with van der Waals surface area (Å²) in [6, 6.07) is 5.88. The van der Waals surface area contributed by atoms with E-state index >= 15 is 0 Å². The number of carbonyl (C=O) groups is 1. The minimum absolute atomic E-state index is 0.0789. The Kier molecular flexibility index (Phi) is 3.92. The van der Waals surface area contributed by atoms with E-state index in [1.165, 1.54) is 6.42 Å². The summed E-state index contributed by atoms with van der Waals surface area (Å²) in [4.78, 5) is 21.4. The van der Waals surface area contributed by atoms with Gasteiger partial charge in [-0.2, -0.15) is 0 Å². The van der Waals surface area contributed by atoms with E-state index < -0.39 is 0 Å². The van der Waals surface area contributed by atoms with E-state index in [2.05, 4.69) is 9.88 Å². The third kappa shape index (κ3) is 2.78. The summed E-state index contributed by atoms with van der Waals surface area (Å²) in [5, 5.41) is 0. The van der Waals surface area contributed by atoms with Crippen molar-refractivity contribution in [1.82, 2.24) is 19.2 Å². The average molecular weight is 286 g/mol. The third-order valence-electron chi connectivity index (χ3n) is 3.94. The highest BCUT2D eigenvalue weighted by Crippen LogP contribution is 2.18. The van der Waals surface area contributed by atoms with Gasteiger partial charge in [0.25, 0.3) is 5.91 Å². The summed E-state index contributed by atoms with van der Waals surface area (Å²) in [6.45, 7) is 2.42. The summed E-state index contributed by atoms with van der Waals surface area (Å²) in [7, 11) is 4.02. The number of hydrogen-bond donors (Lipinski definition) is 0. The second-order valence-corrected chi connectivity index (χ2v) is 5.93. The predicted octanol–water partition coefficient (Wildman–Crippen LogP) is 2.02. The quantitative estimate of drug-likeness (QED) is 0.867. The SMILES string of the molecule is CN(C)Cc1c(C(=O)N2CCCCC2)nc2ccccn12. The molecule has 2 aromatic rings. The van der Waals surface area contributed by atoms with Crippen molar-refractivity contribution in [2.24, 2.45) is 0 Å². The number of imidazole rings is 1. The highest BCUT2D eigenvalue weighted by molar-refractivity contribution is 5.94. The van der Waals surface area contributed by atoms with Gasteiger partial charge in [-0.1, -0.05) is 6.07 Å². The van der Waals surface area contributed by atoms with Crippen molar-refractivity contribution >= 4 is 11.6 Å². The Bertz CT molecular complexity index is 641. The van der Waals surface area contributed by atoms with Gasteiger partial charge >= 0.3 is 0 Å². The number of hydrogen-bond acceptors (Lipinski definition) is 3. The molecule has 1 amide bonds. The summed E-state index contributed by atoms with van der Waals surface area (Å²) < 4.78 is 2.02. The molecular formula is C16H22N4O. The van der Waals surface area contributed by atoms with E-state index in [4.69, 9.17) is 0 Å². The van der Waals surface area contributed by atoms with E-state index in [9.17, 15) is 4.79 Å². The lowest BCUT2D eigenvalue weighted by atomic mass is 10.1. The number of nitrogens with zero attached hydrogens (tertiary/aromatic N) is 4. The highest BCUT2D eigenvalue weighted by atomic mass is 16.2. The van der Waals surface area contributed by atoms with Gasteiger partial charge in [0, 0.05) is 25.8 Å². The van der Waals surface area contributed by atoms with E-state index in [1.807, 2.05) is 47.8 Å². The Hall–Kier alpha value is -1.88. The minimum atomic E-state index is 0.0789. The van der Waals surface area contributed by atoms with Gasteiger partial charge < -0.3 is 14.2 Å². The lowest BCUT2D eigenvalue weighted by Crippen LogP contribution is -2.36. The molecular weight excluding hydrogens is 264 g/mol. The van der Waals surface area contributed by atoms with E-state index in [-0.39, 0.29) is 5.91 Å². The van der Waals surface area contributed by atoms with Gasteiger partial charge in [0.05, 0.1) is 5.69 Å². The molecule has 21 heavy (non-hydrogen) atoms. The molecule has 1 fully saturated rings. The van der Waals surface area contributed by atoms with Crippen LogP contribution in [-0.4, -0.2) is 52.3 Å². The summed E-state index contributed by atoms with van der Waals surface area (Å²) >= 11 is 0. The Morgan fingerprint density at radius 3 is 2.71 bits per heavy atom. The van der Waals surface area contributed by atoms with Crippen LogP contribution < -0.4 is 0 Å². The fourth-order valence-electron chi connectivity index (χ4n) is 2.92. The molecule has 1 saturated heterocycles. The second kappa shape index (κ2) is 5.85. The molecule has 0 saturated carbocycles. The standard InChI is InChI=1S/C16H22N4O/c1-18(2)12-13-15(16(21)19-9-5-3-6-10-19)17-14-8-4-7-11-20(13)14/h4,7-8,11H,3,5-6,9-10,12H2,1-2H3. The van der Waals surface area contributed by atoms with Crippen molar-refractivity contribution in [1.29, 1.82) is 0 Å². The van der Waals surface area contributed by atoms with E-state index in [0.29, 0.717) is 12.2 Å². The van der Waals surface area contributed by atoms with Crippen molar-refractivity contribution in [3.63, 3.8) is 0 Å². The maximum absolute atomic E-state index is 12.8. The number of aromatic nitrogens is 2. The van der Waals surface area contributed by atoms with Crippen LogP contribution in [0.3, 0.4) is 0 Å². The fourth-order valence-corrected chi connectivity index (χ4v) is 2.92. The molecule has 5 nitrogen and oxygen atoms in total. The monoisotopic (exact) mass is 286 g/mol. The first-order chi connectivity index (χ1) is 10.2. The Balaban J connectivity index is 2.01. The predicted molar refractivity (Wildman–Crippen MR) is 82.3 cm³/mol. The molecule has 0 aromatic carbocycles. The smallest absolute Gasteiger partial charge is 0.274 e. The van der Waals surface area contributed by atoms with Gasteiger partial charge in [-0.25, -0.2) is 4.98 Å². The molecule has 3 heterocycles. The molecule has 3 rings (SSSR count). The van der Waals surface area contributed by atoms with Crippen LogP contribution in [0.5, 0.6) is 0 Å². The van der Waals surface area contributed by atoms with Crippen LogP contribution >= 0.6 is 0 Å². The van der Waals surface area contributed by atoms with Crippen LogP contribution in [0.2, 0.25) is 0 Å². The first kappa shape index (κ1) is 14.1. The highest BCUT2D eigenvalue weighted by Gasteiger charge is 2.25. The minimum Gasteiger partial charge on any atom is -0.337 e. The topological polar surface area (TPSA) is 40.9 Å². The summed E-state index contributed by atoms with van der Waals surface area (Å²) in [5.74, 6) is 0.0789. The third-order valence-corrected chi connectivity index (χ3v) is 3.94. The summed E-state index contributed by atoms with van der Waals surface area (Å²) in [6.07, 6.45) is 5.40. The van der Waals surface area contributed by atoms with Crippen molar-refractivity contribution < 1.29 is 4.79 Å². The molecule has 0 bridgehead atoms. The normalized spacial score (nSPS) is 15.9. The molecule has 112 valence electrons. The van der Waals surface area contributed by atoms with Gasteiger partial charge in [0.2, 0.25) is 0 Å². The number of carbonyl (C=O) groups excluding carboxylic acids is 1. The molecule has 1 aliphatic heterocycles. The van der Waals surface area contributed by atoms with Crippen molar-refractivity contribution in [3.8, 4) is 0 Å². The first-order valence-electron chi connectivity index (χ1n) is 7.57. The number of piperidine rings is 1. The maximum atomic E-state index is 12.8. The molecule has 0 radical (unpaired) electrons. The van der Waals surface area contributed by atoms with Gasteiger partial charge in [-0.15, -0.1) is 0 Å². The van der Waals surface area contributed by atoms with Crippen LogP contribution in [0.4, 0.5) is 0 Å². The van der Waals surface area contributed by atoms with E-state index in [1.54, 1.807) is 0 Å². The molecule has 2 aromatic heterocycles. The van der Waals surface area contributed by atoms with Crippen molar-refractivity contribution in [2.75, 3.05) is 27.2 Å². The Labute approximate surface area is 125 Å². The second-order valence-electron chi connectivity index (χ2n) is 5.93. The van der Waals surface area contributed by atoms with Gasteiger partial charge in [0.1, 0.15) is 5.65 Å². The van der Waals surface area contributed by atoms with Crippen LogP contribution in [0.15, 0.2) is 24.4 Å². The van der Waals surface area contributed by atoms with Crippen LogP contribution in [0, 0.1) is 0 Å². The molecule has 0 aliphatic carbocycles. The molecule has 0 spiro atoms. The van der Waals surface area contributed by atoms with Crippen molar-refractivity contribution in [2.45, 2.75) is 25.8 Å². The van der Waals surface area contributed by atoms with Crippen LogP contribution in [0.25, 0.3) is 5.65 Å². The van der Waals surface area contributed by atoms with Crippen LogP contribution in [-0.2, 0) is 6.54 Å². The average Bonchev–Trinajstić information content (AvgIpc) is 2.86. The summed E-state index contributed by atoms with van der Waals surface area (Å²) in [5.41, 5.74) is 2.43. The Morgan fingerprint density at radius 2 is 2.00 bits per heavy atom. The zero-order chi connectivity index (χ0) is 14.8. The number of rotatable bonds is 3. The maximum Gasteiger partial charge on any atom is 0.274 e. The molecule has 5 heteroatoms. The first-order valence-corrected chi connectivity index (χ1v) is 7.57. The largest absolute Gasteiger partial charge is 0.337 e. The van der Waals surface area contributed by atoms with E-state index in [0.717, 1.165) is 37.3 Å². The lowest BCUT2D eigenvalue weighted by Gasteiger charge is -2.26.